The van der Waals surface area contributed by atoms with Crippen molar-refractivity contribution in [3.05, 3.63) is 34.9 Å². The predicted molar refractivity (Wildman–Crippen MR) is 56.6 cm³/mol. The number of hydrogen-bond donors (Lipinski definition) is 1. The molecule has 1 rings (SSSR count). The fraction of sp³-hybridized carbons (Fsp3) is 0.182. The third-order valence-corrected chi connectivity index (χ3v) is 2.10. The zero-order valence-corrected chi connectivity index (χ0v) is 8.25. The molecule has 1 aromatic rings. The monoisotopic (exact) mass is 204 g/mol. The minimum absolute atomic E-state index is 0.351. The van der Waals surface area contributed by atoms with Gasteiger partial charge in [-0.05, 0) is 6.07 Å². The maximum Gasteiger partial charge on any atom is 0.123 e. The first-order valence-electron chi connectivity index (χ1n) is 4.10. The van der Waals surface area contributed by atoms with Gasteiger partial charge in [0.15, 0.2) is 0 Å². The Morgan fingerprint density at radius 3 is 2.79 bits per heavy atom. The van der Waals surface area contributed by atoms with Crippen LogP contribution in [0.2, 0.25) is 5.02 Å². The summed E-state index contributed by atoms with van der Waals surface area (Å²) in [6.07, 6.45) is 5.09. The zero-order chi connectivity index (χ0) is 10.4. The molecule has 0 aliphatic carbocycles. The van der Waals surface area contributed by atoms with E-state index in [4.69, 9.17) is 23.3 Å². The van der Waals surface area contributed by atoms with E-state index in [-0.39, 0.29) is 0 Å². The van der Waals surface area contributed by atoms with Crippen LogP contribution in [0.4, 0.5) is 0 Å². The molecule has 1 atom stereocenters. The average molecular weight is 205 g/mol. The fourth-order valence-electron chi connectivity index (χ4n) is 1.10. The molecule has 0 aliphatic heterocycles. The van der Waals surface area contributed by atoms with E-state index in [0.717, 1.165) is 5.56 Å². The van der Waals surface area contributed by atoms with Crippen LogP contribution in [-0.4, -0.2) is 6.54 Å². The summed E-state index contributed by atoms with van der Waals surface area (Å²) < 4.78 is 0. The van der Waals surface area contributed by atoms with Crippen molar-refractivity contribution < 1.29 is 0 Å². The Kier molecular flexibility index (Phi) is 4.01. The van der Waals surface area contributed by atoms with E-state index in [2.05, 4.69) is 17.3 Å². The molecule has 2 nitrogen and oxygen atoms in total. The zero-order valence-electron chi connectivity index (χ0n) is 7.50. The van der Waals surface area contributed by atoms with E-state index < -0.39 is 6.04 Å². The van der Waals surface area contributed by atoms with Crippen molar-refractivity contribution in [3.63, 3.8) is 0 Å². The molecule has 0 fully saturated rings. The molecule has 0 aromatic heterocycles. The largest absolute Gasteiger partial charge is 0.287 e. The molecule has 0 bridgehead atoms. The second-order valence-corrected chi connectivity index (χ2v) is 3.08. The van der Waals surface area contributed by atoms with Crippen LogP contribution in [0.15, 0.2) is 24.3 Å². The third-order valence-electron chi connectivity index (χ3n) is 1.75. The Labute approximate surface area is 88.5 Å². The highest BCUT2D eigenvalue weighted by atomic mass is 35.5. The van der Waals surface area contributed by atoms with Crippen molar-refractivity contribution >= 4 is 11.6 Å². The molecule has 0 radical (unpaired) electrons. The van der Waals surface area contributed by atoms with Gasteiger partial charge in [-0.3, -0.25) is 5.32 Å². The van der Waals surface area contributed by atoms with Crippen LogP contribution in [0, 0.1) is 23.7 Å². The van der Waals surface area contributed by atoms with Crippen LogP contribution < -0.4 is 5.32 Å². The SMILES string of the molecule is C#CCNC(C#N)c1ccccc1Cl. The van der Waals surface area contributed by atoms with Gasteiger partial charge in [0.2, 0.25) is 0 Å². The van der Waals surface area contributed by atoms with Crippen molar-refractivity contribution in [2.24, 2.45) is 0 Å². The summed E-state index contributed by atoms with van der Waals surface area (Å²) in [7, 11) is 0. The van der Waals surface area contributed by atoms with Crippen LogP contribution >= 0.6 is 11.6 Å². The standard InChI is InChI=1S/C11H9ClN2/c1-2-7-14-11(8-13)9-5-3-4-6-10(9)12/h1,3-6,11,14H,7H2. The molecule has 14 heavy (non-hydrogen) atoms. The van der Waals surface area contributed by atoms with E-state index in [9.17, 15) is 0 Å². The number of halogens is 1. The van der Waals surface area contributed by atoms with E-state index in [0.29, 0.717) is 11.6 Å². The minimum Gasteiger partial charge on any atom is -0.287 e. The summed E-state index contributed by atoms with van der Waals surface area (Å²) in [4.78, 5) is 0. The molecule has 1 unspecified atom stereocenters. The Balaban J connectivity index is 2.86. The lowest BCUT2D eigenvalue weighted by atomic mass is 10.1. The second-order valence-electron chi connectivity index (χ2n) is 2.67. The third kappa shape index (κ3) is 2.50. The van der Waals surface area contributed by atoms with Gasteiger partial charge in [-0.25, -0.2) is 0 Å². The van der Waals surface area contributed by atoms with Gasteiger partial charge in [-0.15, -0.1) is 6.42 Å². The lowest BCUT2D eigenvalue weighted by Crippen LogP contribution is -2.20. The highest BCUT2D eigenvalue weighted by molar-refractivity contribution is 6.31. The summed E-state index contributed by atoms with van der Waals surface area (Å²) in [6, 6.07) is 8.87. The summed E-state index contributed by atoms with van der Waals surface area (Å²) in [5.41, 5.74) is 0.756. The lowest BCUT2D eigenvalue weighted by Gasteiger charge is -2.10. The molecule has 0 heterocycles. The second kappa shape index (κ2) is 5.29. The van der Waals surface area contributed by atoms with Gasteiger partial charge in [0.05, 0.1) is 12.6 Å². The Bertz CT molecular complexity index is 387. The fourth-order valence-corrected chi connectivity index (χ4v) is 1.34. The van der Waals surface area contributed by atoms with Crippen LogP contribution in [0.1, 0.15) is 11.6 Å². The van der Waals surface area contributed by atoms with E-state index in [1.807, 2.05) is 12.1 Å². The van der Waals surface area contributed by atoms with Gasteiger partial charge >= 0.3 is 0 Å². The Morgan fingerprint density at radius 2 is 2.21 bits per heavy atom. The number of terminal acetylenes is 1. The number of rotatable bonds is 3. The number of benzene rings is 1. The van der Waals surface area contributed by atoms with Crippen molar-refractivity contribution in [1.82, 2.24) is 5.32 Å². The highest BCUT2D eigenvalue weighted by Gasteiger charge is 2.11. The first kappa shape index (κ1) is 10.6. The van der Waals surface area contributed by atoms with E-state index in [1.54, 1.807) is 12.1 Å². The van der Waals surface area contributed by atoms with Gasteiger partial charge < -0.3 is 0 Å². The van der Waals surface area contributed by atoms with Crippen LogP contribution in [0.3, 0.4) is 0 Å². The molecule has 0 aliphatic rings. The van der Waals surface area contributed by atoms with Gasteiger partial charge in [-0.2, -0.15) is 5.26 Å². The molecule has 1 aromatic carbocycles. The van der Waals surface area contributed by atoms with Crippen LogP contribution in [-0.2, 0) is 0 Å². The van der Waals surface area contributed by atoms with Gasteiger partial charge in [0.1, 0.15) is 6.04 Å². The quantitative estimate of drug-likeness (QED) is 0.766. The van der Waals surface area contributed by atoms with Crippen LogP contribution in [0.25, 0.3) is 0 Å². The predicted octanol–water partition coefficient (Wildman–Crippen LogP) is 2.13. The number of nitriles is 1. The summed E-state index contributed by atoms with van der Waals surface area (Å²) >= 11 is 5.93. The highest BCUT2D eigenvalue weighted by Crippen LogP contribution is 2.21. The number of hydrogen-bond acceptors (Lipinski definition) is 2. The first-order valence-corrected chi connectivity index (χ1v) is 4.48. The average Bonchev–Trinajstić information content (AvgIpc) is 2.21. The Morgan fingerprint density at radius 1 is 1.50 bits per heavy atom. The summed E-state index contributed by atoms with van der Waals surface area (Å²) in [5.74, 6) is 2.42. The molecule has 0 saturated carbocycles. The Hall–Kier alpha value is -1.48. The first-order chi connectivity index (χ1) is 6.79. The molecular formula is C11H9ClN2. The topological polar surface area (TPSA) is 35.8 Å². The van der Waals surface area contributed by atoms with E-state index in [1.165, 1.54) is 0 Å². The lowest BCUT2D eigenvalue weighted by molar-refractivity contribution is 0.691. The maximum absolute atomic E-state index is 8.89. The minimum atomic E-state index is -0.445. The smallest absolute Gasteiger partial charge is 0.123 e. The number of nitrogens with one attached hydrogen (secondary N) is 1. The summed E-state index contributed by atoms with van der Waals surface area (Å²) in [5, 5.41) is 12.4. The maximum atomic E-state index is 8.89. The van der Waals surface area contributed by atoms with Gasteiger partial charge in [0, 0.05) is 10.6 Å². The molecular weight excluding hydrogens is 196 g/mol. The van der Waals surface area contributed by atoms with Crippen molar-refractivity contribution in [2.75, 3.05) is 6.54 Å². The van der Waals surface area contributed by atoms with Gasteiger partial charge in [0.25, 0.3) is 0 Å². The molecule has 70 valence electrons. The molecule has 1 N–H and O–H groups in total. The molecule has 0 spiro atoms. The van der Waals surface area contributed by atoms with E-state index >= 15 is 0 Å². The molecule has 0 amide bonds. The van der Waals surface area contributed by atoms with Crippen LogP contribution in [0.5, 0.6) is 0 Å². The normalized spacial score (nSPS) is 11.4. The molecule has 0 saturated heterocycles. The van der Waals surface area contributed by atoms with Crippen molar-refractivity contribution in [2.45, 2.75) is 6.04 Å². The van der Waals surface area contributed by atoms with Gasteiger partial charge in [-0.1, -0.05) is 35.7 Å². The van der Waals surface area contributed by atoms with Crippen molar-refractivity contribution in [1.29, 1.82) is 5.26 Å². The number of nitrogens with zero attached hydrogens (tertiary/aromatic N) is 1. The summed E-state index contributed by atoms with van der Waals surface area (Å²) in [6.45, 7) is 0.351. The molecule has 3 heteroatoms. The van der Waals surface area contributed by atoms with Crippen molar-refractivity contribution in [3.8, 4) is 18.4 Å².